The van der Waals surface area contributed by atoms with Crippen LogP contribution in [0.4, 0.5) is 5.69 Å². The number of hydrogen-bond donors (Lipinski definition) is 1. The summed E-state index contributed by atoms with van der Waals surface area (Å²) in [5, 5.41) is 0. The van der Waals surface area contributed by atoms with Gasteiger partial charge in [0.05, 0.1) is 5.69 Å². The maximum absolute atomic E-state index is 5.86. The Bertz CT molecular complexity index is 447. The molecule has 3 nitrogen and oxygen atoms in total. The molecule has 2 rings (SSSR count). The van der Waals surface area contributed by atoms with Crippen molar-refractivity contribution in [3.05, 3.63) is 28.2 Å². The van der Waals surface area contributed by atoms with Crippen molar-refractivity contribution in [1.29, 1.82) is 0 Å². The number of nitrogens with two attached hydrogens (primary N) is 1. The van der Waals surface area contributed by atoms with E-state index in [0.29, 0.717) is 0 Å². The highest BCUT2D eigenvalue weighted by molar-refractivity contribution is 9.10. The van der Waals surface area contributed by atoms with Crippen LogP contribution in [0.1, 0.15) is 18.9 Å². The van der Waals surface area contributed by atoms with Crippen LogP contribution in [0.2, 0.25) is 0 Å². The second kappa shape index (κ2) is 6.92. The standard InChI is InChI=1S/C16H26BrN3/c1-12(18)8-13-4-5-16(15(17)9-13)20(3)11-14-6-7-19(2)10-14/h4-5,9,12,14H,6-8,10-11,18H2,1-3H3. The molecule has 1 aliphatic rings. The van der Waals surface area contributed by atoms with Gasteiger partial charge in [-0.05, 0) is 72.9 Å². The molecule has 1 aliphatic heterocycles. The van der Waals surface area contributed by atoms with E-state index >= 15 is 0 Å². The van der Waals surface area contributed by atoms with Gasteiger partial charge in [-0.1, -0.05) is 6.07 Å². The number of nitrogens with zero attached hydrogens (tertiary/aromatic N) is 2. The van der Waals surface area contributed by atoms with Crippen LogP contribution in [0.3, 0.4) is 0 Å². The van der Waals surface area contributed by atoms with Gasteiger partial charge in [0.2, 0.25) is 0 Å². The van der Waals surface area contributed by atoms with Crippen molar-refractivity contribution in [3.63, 3.8) is 0 Å². The first-order chi connectivity index (χ1) is 9.45. The molecule has 0 aliphatic carbocycles. The van der Waals surface area contributed by atoms with E-state index in [9.17, 15) is 0 Å². The Morgan fingerprint density at radius 2 is 2.25 bits per heavy atom. The van der Waals surface area contributed by atoms with Gasteiger partial charge in [-0.25, -0.2) is 0 Å². The Morgan fingerprint density at radius 1 is 1.50 bits per heavy atom. The Hall–Kier alpha value is -0.580. The molecule has 2 N–H and O–H groups in total. The molecule has 0 aromatic heterocycles. The normalized spacial score (nSPS) is 21.1. The average Bonchev–Trinajstić information content (AvgIpc) is 2.73. The Balaban J connectivity index is 2.00. The molecule has 20 heavy (non-hydrogen) atoms. The van der Waals surface area contributed by atoms with Gasteiger partial charge in [0.15, 0.2) is 0 Å². The van der Waals surface area contributed by atoms with Crippen molar-refractivity contribution in [2.45, 2.75) is 25.8 Å². The highest BCUT2D eigenvalue weighted by Crippen LogP contribution is 2.28. The van der Waals surface area contributed by atoms with E-state index in [-0.39, 0.29) is 6.04 Å². The lowest BCUT2D eigenvalue weighted by Gasteiger charge is -2.24. The third-order valence-electron chi connectivity index (χ3n) is 4.00. The number of halogens is 1. The molecule has 2 unspecified atom stereocenters. The summed E-state index contributed by atoms with van der Waals surface area (Å²) in [6.07, 6.45) is 2.23. The van der Waals surface area contributed by atoms with Crippen molar-refractivity contribution in [3.8, 4) is 0 Å². The highest BCUT2D eigenvalue weighted by atomic mass is 79.9. The summed E-state index contributed by atoms with van der Waals surface area (Å²) in [4.78, 5) is 4.78. The Kier molecular flexibility index (Phi) is 5.47. The van der Waals surface area contributed by atoms with Crippen molar-refractivity contribution < 1.29 is 0 Å². The van der Waals surface area contributed by atoms with Crippen LogP contribution in [-0.2, 0) is 6.42 Å². The minimum absolute atomic E-state index is 0.208. The minimum atomic E-state index is 0.208. The van der Waals surface area contributed by atoms with E-state index in [0.717, 1.165) is 18.9 Å². The van der Waals surface area contributed by atoms with Crippen molar-refractivity contribution in [1.82, 2.24) is 4.90 Å². The van der Waals surface area contributed by atoms with E-state index in [1.807, 2.05) is 6.92 Å². The van der Waals surface area contributed by atoms with Gasteiger partial charge in [0.25, 0.3) is 0 Å². The number of hydrogen-bond acceptors (Lipinski definition) is 3. The predicted molar refractivity (Wildman–Crippen MR) is 90.4 cm³/mol. The zero-order chi connectivity index (χ0) is 14.7. The molecular formula is C16H26BrN3. The Labute approximate surface area is 131 Å². The first-order valence-electron chi connectivity index (χ1n) is 7.39. The molecule has 0 spiro atoms. The molecule has 4 heteroatoms. The quantitative estimate of drug-likeness (QED) is 0.895. The minimum Gasteiger partial charge on any atom is -0.373 e. The van der Waals surface area contributed by atoms with E-state index in [1.165, 1.54) is 35.2 Å². The molecule has 1 aromatic carbocycles. The number of anilines is 1. The smallest absolute Gasteiger partial charge is 0.0508 e. The highest BCUT2D eigenvalue weighted by Gasteiger charge is 2.21. The zero-order valence-corrected chi connectivity index (χ0v) is 14.4. The molecule has 1 fully saturated rings. The average molecular weight is 340 g/mol. The largest absolute Gasteiger partial charge is 0.373 e. The van der Waals surface area contributed by atoms with Gasteiger partial charge >= 0.3 is 0 Å². The van der Waals surface area contributed by atoms with Gasteiger partial charge < -0.3 is 15.5 Å². The second-order valence-electron chi connectivity index (χ2n) is 6.26. The van der Waals surface area contributed by atoms with Crippen LogP contribution in [0.25, 0.3) is 0 Å². The van der Waals surface area contributed by atoms with E-state index in [4.69, 9.17) is 5.73 Å². The number of likely N-dealkylation sites (tertiary alicyclic amines) is 1. The fourth-order valence-corrected chi connectivity index (χ4v) is 3.75. The fourth-order valence-electron chi connectivity index (χ4n) is 3.02. The molecular weight excluding hydrogens is 314 g/mol. The molecule has 112 valence electrons. The van der Waals surface area contributed by atoms with Gasteiger partial charge in [-0.2, -0.15) is 0 Å². The number of benzene rings is 1. The summed E-state index contributed by atoms with van der Waals surface area (Å²) in [5.74, 6) is 0.778. The van der Waals surface area contributed by atoms with E-state index < -0.39 is 0 Å². The molecule has 0 saturated carbocycles. The lowest BCUT2D eigenvalue weighted by Crippen LogP contribution is -2.27. The van der Waals surface area contributed by atoms with Crippen molar-refractivity contribution in [2.24, 2.45) is 11.7 Å². The monoisotopic (exact) mass is 339 g/mol. The molecule has 1 saturated heterocycles. The summed E-state index contributed by atoms with van der Waals surface area (Å²) < 4.78 is 1.17. The van der Waals surface area contributed by atoms with E-state index in [1.54, 1.807) is 0 Å². The predicted octanol–water partition coefficient (Wildman–Crippen LogP) is 2.73. The van der Waals surface area contributed by atoms with Crippen molar-refractivity contribution >= 4 is 21.6 Å². The summed E-state index contributed by atoms with van der Waals surface area (Å²) in [6, 6.07) is 6.82. The first kappa shape index (κ1) is 15.8. The first-order valence-corrected chi connectivity index (χ1v) is 8.18. The van der Waals surface area contributed by atoms with E-state index in [2.05, 4.69) is 58.0 Å². The van der Waals surface area contributed by atoms with Crippen LogP contribution in [0, 0.1) is 5.92 Å². The fraction of sp³-hybridized carbons (Fsp3) is 0.625. The molecule has 0 amide bonds. The van der Waals surface area contributed by atoms with Gasteiger partial charge in [-0.15, -0.1) is 0 Å². The van der Waals surface area contributed by atoms with Crippen LogP contribution in [-0.4, -0.2) is 44.7 Å². The van der Waals surface area contributed by atoms with Crippen LogP contribution in [0.15, 0.2) is 22.7 Å². The summed E-state index contributed by atoms with van der Waals surface area (Å²) in [5.41, 5.74) is 8.43. The Morgan fingerprint density at radius 3 is 2.80 bits per heavy atom. The summed E-state index contributed by atoms with van der Waals surface area (Å²) in [7, 11) is 4.39. The van der Waals surface area contributed by atoms with Crippen LogP contribution in [0.5, 0.6) is 0 Å². The SMILES string of the molecule is CC(N)Cc1ccc(N(C)CC2CCN(C)C2)c(Br)c1. The zero-order valence-electron chi connectivity index (χ0n) is 12.8. The van der Waals surface area contributed by atoms with Crippen LogP contribution < -0.4 is 10.6 Å². The molecule has 1 heterocycles. The van der Waals surface area contributed by atoms with Gasteiger partial charge in [0.1, 0.15) is 0 Å². The molecule has 1 aromatic rings. The molecule has 2 atom stereocenters. The van der Waals surface area contributed by atoms with Crippen LogP contribution >= 0.6 is 15.9 Å². The molecule has 0 bridgehead atoms. The second-order valence-corrected chi connectivity index (χ2v) is 7.12. The maximum Gasteiger partial charge on any atom is 0.0508 e. The number of rotatable bonds is 5. The topological polar surface area (TPSA) is 32.5 Å². The maximum atomic E-state index is 5.86. The molecule has 0 radical (unpaired) electrons. The third-order valence-corrected chi connectivity index (χ3v) is 4.64. The lowest BCUT2D eigenvalue weighted by molar-refractivity contribution is 0.396. The summed E-state index contributed by atoms with van der Waals surface area (Å²) >= 11 is 3.71. The summed E-state index contributed by atoms with van der Waals surface area (Å²) in [6.45, 7) is 5.61. The third kappa shape index (κ3) is 4.21. The lowest BCUT2D eigenvalue weighted by atomic mass is 10.1. The van der Waals surface area contributed by atoms with Gasteiger partial charge in [-0.3, -0.25) is 0 Å². The van der Waals surface area contributed by atoms with Gasteiger partial charge in [0, 0.05) is 30.7 Å². The van der Waals surface area contributed by atoms with Crippen molar-refractivity contribution in [2.75, 3.05) is 38.6 Å².